The van der Waals surface area contributed by atoms with Gasteiger partial charge in [-0.25, -0.2) is 8.78 Å². The fourth-order valence-corrected chi connectivity index (χ4v) is 3.80. The molecule has 2 rings (SSSR count). The van der Waals surface area contributed by atoms with Crippen LogP contribution >= 0.6 is 11.8 Å². The first-order valence-electron chi connectivity index (χ1n) is 8.09. The lowest BCUT2D eigenvalue weighted by molar-refractivity contribution is 0.0818. The van der Waals surface area contributed by atoms with E-state index >= 15 is 0 Å². The van der Waals surface area contributed by atoms with Crippen molar-refractivity contribution in [2.45, 2.75) is 37.5 Å². The number of nitrogens with zero attached hydrogens (tertiary/aromatic N) is 1. The summed E-state index contributed by atoms with van der Waals surface area (Å²) < 4.78 is 29.7. The van der Waals surface area contributed by atoms with Crippen LogP contribution in [0.1, 0.15) is 25.3 Å². The SMILES string of the molecule is CN=C(NCc1cccc(OCC(F)F)c1)NCC1(C)CCCS1. The van der Waals surface area contributed by atoms with E-state index in [2.05, 4.69) is 22.5 Å². The maximum absolute atomic E-state index is 12.2. The molecule has 1 aliphatic rings. The van der Waals surface area contributed by atoms with Crippen LogP contribution in [0.2, 0.25) is 0 Å². The molecular formula is C17H25F2N3OS. The summed E-state index contributed by atoms with van der Waals surface area (Å²) in [4.78, 5) is 4.23. The second kappa shape index (κ2) is 9.11. The van der Waals surface area contributed by atoms with E-state index in [0.717, 1.165) is 18.1 Å². The van der Waals surface area contributed by atoms with Crippen LogP contribution in [0.15, 0.2) is 29.3 Å². The number of ether oxygens (including phenoxy) is 1. The van der Waals surface area contributed by atoms with E-state index < -0.39 is 13.0 Å². The molecule has 24 heavy (non-hydrogen) atoms. The molecule has 0 aliphatic carbocycles. The number of nitrogens with one attached hydrogen (secondary N) is 2. The molecule has 1 aromatic rings. The van der Waals surface area contributed by atoms with Gasteiger partial charge in [-0.3, -0.25) is 4.99 Å². The van der Waals surface area contributed by atoms with Crippen molar-refractivity contribution in [3.05, 3.63) is 29.8 Å². The molecule has 1 aromatic carbocycles. The summed E-state index contributed by atoms with van der Waals surface area (Å²) in [6.45, 7) is 3.11. The smallest absolute Gasteiger partial charge is 0.272 e. The third-order valence-electron chi connectivity index (χ3n) is 3.89. The van der Waals surface area contributed by atoms with Gasteiger partial charge in [0.05, 0.1) is 0 Å². The van der Waals surface area contributed by atoms with Crippen LogP contribution in [0, 0.1) is 0 Å². The highest BCUT2D eigenvalue weighted by Gasteiger charge is 2.29. The van der Waals surface area contributed by atoms with Crippen molar-refractivity contribution in [3.63, 3.8) is 0 Å². The number of guanidine groups is 1. The van der Waals surface area contributed by atoms with Crippen molar-refractivity contribution < 1.29 is 13.5 Å². The van der Waals surface area contributed by atoms with E-state index in [1.165, 1.54) is 18.6 Å². The van der Waals surface area contributed by atoms with E-state index in [4.69, 9.17) is 4.74 Å². The highest BCUT2D eigenvalue weighted by Crippen LogP contribution is 2.36. The summed E-state index contributed by atoms with van der Waals surface area (Å²) in [6.07, 6.45) is 0.00971. The van der Waals surface area contributed by atoms with Crippen LogP contribution in [-0.2, 0) is 6.54 Å². The largest absolute Gasteiger partial charge is 0.488 e. The summed E-state index contributed by atoms with van der Waals surface area (Å²) in [5.41, 5.74) is 0.950. The molecule has 0 saturated carbocycles. The van der Waals surface area contributed by atoms with Crippen LogP contribution in [0.5, 0.6) is 5.75 Å². The van der Waals surface area contributed by atoms with E-state index in [-0.39, 0.29) is 4.75 Å². The molecule has 2 N–H and O–H groups in total. The van der Waals surface area contributed by atoms with E-state index in [0.29, 0.717) is 12.3 Å². The summed E-state index contributed by atoms with van der Waals surface area (Å²) in [5, 5.41) is 6.61. The minimum atomic E-state index is -2.47. The predicted molar refractivity (Wildman–Crippen MR) is 96.2 cm³/mol. The third-order valence-corrected chi connectivity index (χ3v) is 5.43. The number of thioether (sulfide) groups is 1. The molecule has 0 amide bonds. The Kier molecular flexibility index (Phi) is 7.15. The number of rotatable bonds is 7. The Hall–Kier alpha value is -1.50. The van der Waals surface area contributed by atoms with E-state index in [1.54, 1.807) is 25.2 Å². The maximum atomic E-state index is 12.2. The zero-order valence-corrected chi connectivity index (χ0v) is 15.0. The molecule has 7 heteroatoms. The van der Waals surface area contributed by atoms with Crippen molar-refractivity contribution in [1.82, 2.24) is 10.6 Å². The molecule has 1 saturated heterocycles. The van der Waals surface area contributed by atoms with Gasteiger partial charge in [0.2, 0.25) is 0 Å². The maximum Gasteiger partial charge on any atom is 0.272 e. The van der Waals surface area contributed by atoms with Crippen molar-refractivity contribution in [1.29, 1.82) is 0 Å². The molecule has 134 valence electrons. The second-order valence-electron chi connectivity index (χ2n) is 6.03. The Morgan fingerprint density at radius 1 is 1.42 bits per heavy atom. The molecule has 0 aromatic heterocycles. The van der Waals surface area contributed by atoms with Gasteiger partial charge in [-0.1, -0.05) is 12.1 Å². The van der Waals surface area contributed by atoms with Crippen LogP contribution in [0.25, 0.3) is 0 Å². The fraction of sp³-hybridized carbons (Fsp3) is 0.588. The van der Waals surface area contributed by atoms with Gasteiger partial charge in [-0.15, -0.1) is 0 Å². The van der Waals surface area contributed by atoms with Gasteiger partial charge in [0.1, 0.15) is 12.4 Å². The topological polar surface area (TPSA) is 45.7 Å². The van der Waals surface area contributed by atoms with Crippen LogP contribution < -0.4 is 15.4 Å². The predicted octanol–water partition coefficient (Wildman–Crippen LogP) is 3.28. The van der Waals surface area contributed by atoms with E-state index in [1.807, 2.05) is 17.8 Å². The Morgan fingerprint density at radius 3 is 2.92 bits per heavy atom. The van der Waals surface area contributed by atoms with Crippen LogP contribution in [0.3, 0.4) is 0 Å². The quantitative estimate of drug-likeness (QED) is 0.581. The number of hydrogen-bond acceptors (Lipinski definition) is 3. The average molecular weight is 357 g/mol. The minimum absolute atomic E-state index is 0.265. The summed E-state index contributed by atoms with van der Waals surface area (Å²) >= 11 is 2.00. The minimum Gasteiger partial charge on any atom is -0.488 e. The normalized spacial score (nSPS) is 21.1. The highest BCUT2D eigenvalue weighted by atomic mass is 32.2. The van der Waals surface area contributed by atoms with Gasteiger partial charge in [0.15, 0.2) is 5.96 Å². The fourth-order valence-electron chi connectivity index (χ4n) is 2.56. The first-order chi connectivity index (χ1) is 11.5. The number of halogens is 2. The second-order valence-corrected chi connectivity index (χ2v) is 7.71. The first kappa shape index (κ1) is 18.8. The molecule has 1 atom stereocenters. The lowest BCUT2D eigenvalue weighted by Gasteiger charge is -2.24. The lowest BCUT2D eigenvalue weighted by atomic mass is 10.1. The Labute approximate surface area is 146 Å². The monoisotopic (exact) mass is 357 g/mol. The Morgan fingerprint density at radius 2 is 2.25 bits per heavy atom. The molecule has 1 aliphatic heterocycles. The van der Waals surface area contributed by atoms with Gasteiger partial charge < -0.3 is 15.4 Å². The number of benzene rings is 1. The molecule has 0 bridgehead atoms. The zero-order valence-electron chi connectivity index (χ0n) is 14.1. The number of alkyl halides is 2. The molecule has 0 spiro atoms. The van der Waals surface area contributed by atoms with Crippen LogP contribution in [0.4, 0.5) is 8.78 Å². The highest BCUT2D eigenvalue weighted by molar-refractivity contribution is 8.00. The van der Waals surface area contributed by atoms with Crippen LogP contribution in [-0.4, -0.2) is 43.1 Å². The van der Waals surface area contributed by atoms with Gasteiger partial charge in [-0.05, 0) is 43.2 Å². The molecule has 4 nitrogen and oxygen atoms in total. The molecular weight excluding hydrogens is 332 g/mol. The van der Waals surface area contributed by atoms with Crippen molar-refractivity contribution >= 4 is 17.7 Å². The van der Waals surface area contributed by atoms with Crippen molar-refractivity contribution in [3.8, 4) is 5.75 Å². The summed E-state index contributed by atoms with van der Waals surface area (Å²) in [7, 11) is 1.74. The number of hydrogen-bond donors (Lipinski definition) is 2. The molecule has 1 fully saturated rings. The number of aliphatic imine (C=N–C) groups is 1. The van der Waals surface area contributed by atoms with E-state index in [9.17, 15) is 8.78 Å². The van der Waals surface area contributed by atoms with Gasteiger partial charge in [0, 0.05) is 24.9 Å². The Balaban J connectivity index is 1.81. The lowest BCUT2D eigenvalue weighted by Crippen LogP contribution is -2.43. The van der Waals surface area contributed by atoms with Gasteiger partial charge in [-0.2, -0.15) is 11.8 Å². The standard InChI is InChI=1S/C17H25F2N3OS/c1-17(7-4-8-24-17)12-22-16(20-2)21-10-13-5-3-6-14(9-13)23-11-15(18)19/h3,5-6,9,15H,4,7-8,10-12H2,1-2H3,(H2,20,21,22). The molecule has 1 unspecified atom stereocenters. The van der Waals surface area contributed by atoms with Gasteiger partial charge in [0.25, 0.3) is 6.43 Å². The molecule has 1 heterocycles. The van der Waals surface area contributed by atoms with Crippen molar-refractivity contribution in [2.24, 2.45) is 4.99 Å². The first-order valence-corrected chi connectivity index (χ1v) is 9.08. The summed E-state index contributed by atoms with van der Waals surface area (Å²) in [6, 6.07) is 7.15. The van der Waals surface area contributed by atoms with Gasteiger partial charge >= 0.3 is 0 Å². The average Bonchev–Trinajstić information content (AvgIpc) is 3.00. The zero-order chi connectivity index (χ0) is 17.4. The Bertz CT molecular complexity index is 548. The molecule has 0 radical (unpaired) electrons. The van der Waals surface area contributed by atoms with Crippen molar-refractivity contribution in [2.75, 3.05) is 26.0 Å². The summed E-state index contributed by atoms with van der Waals surface area (Å²) in [5.74, 6) is 2.41. The third kappa shape index (κ3) is 6.19.